The Labute approximate surface area is 136 Å². The Bertz CT molecular complexity index is 432. The highest BCUT2D eigenvalue weighted by Crippen LogP contribution is 2.35. The van der Waals surface area contributed by atoms with E-state index < -0.39 is 36.3 Å². The Morgan fingerprint density at radius 1 is 1.26 bits per heavy atom. The molecule has 7 heteroatoms. The molecule has 2 atom stereocenters. The molecule has 134 valence electrons. The van der Waals surface area contributed by atoms with Crippen LogP contribution in [-0.2, 0) is 9.53 Å². The lowest BCUT2D eigenvalue weighted by molar-refractivity contribution is -0.147. The van der Waals surface area contributed by atoms with Gasteiger partial charge in [0.05, 0.1) is 12.2 Å². The molecule has 1 saturated carbocycles. The van der Waals surface area contributed by atoms with Crippen molar-refractivity contribution in [1.82, 2.24) is 0 Å². The Hall–Kier alpha value is -1.31. The zero-order chi connectivity index (χ0) is 17.8. The number of carbonyl (C=O) groups excluding carboxylic acids is 1. The van der Waals surface area contributed by atoms with Gasteiger partial charge in [0.15, 0.2) is 11.9 Å². The zero-order valence-corrected chi connectivity index (χ0v) is 13.9. The van der Waals surface area contributed by atoms with Crippen molar-refractivity contribution in [3.8, 4) is 0 Å². The molecule has 0 aromatic heterocycles. The van der Waals surface area contributed by atoms with Crippen molar-refractivity contribution in [3.63, 3.8) is 0 Å². The van der Waals surface area contributed by atoms with Gasteiger partial charge in [-0.05, 0) is 44.4 Å². The maximum Gasteiger partial charge on any atom is 0.377 e. The van der Waals surface area contributed by atoms with Gasteiger partial charge in [0.25, 0.3) is 0 Å². The summed E-state index contributed by atoms with van der Waals surface area (Å²) < 4.78 is 4.32. The fourth-order valence-electron chi connectivity index (χ4n) is 2.75. The highest BCUT2D eigenvalue weighted by atomic mass is 16.6. The maximum absolute atomic E-state index is 10.5. The van der Waals surface area contributed by atoms with Gasteiger partial charge in [-0.2, -0.15) is 0 Å². The molecule has 2 aliphatic rings. The molecule has 0 aromatic carbocycles. The summed E-state index contributed by atoms with van der Waals surface area (Å²) >= 11 is 0. The molecule has 0 radical (unpaired) electrons. The second-order valence-corrected chi connectivity index (χ2v) is 6.89. The van der Waals surface area contributed by atoms with E-state index in [1.54, 1.807) is 0 Å². The smallest absolute Gasteiger partial charge is 0.377 e. The summed E-state index contributed by atoms with van der Waals surface area (Å²) in [5.74, 6) is -1.12. The van der Waals surface area contributed by atoms with Gasteiger partial charge in [0, 0.05) is 0 Å². The highest BCUT2D eigenvalue weighted by molar-refractivity contribution is 5.89. The molecule has 0 spiro atoms. The van der Waals surface area contributed by atoms with Crippen LogP contribution in [0.4, 0.5) is 0 Å². The van der Waals surface area contributed by atoms with E-state index in [0.717, 1.165) is 24.7 Å². The van der Waals surface area contributed by atoms with E-state index >= 15 is 0 Å². The van der Waals surface area contributed by atoms with E-state index in [1.807, 2.05) is 6.92 Å². The van der Waals surface area contributed by atoms with E-state index in [2.05, 4.69) is 18.6 Å². The van der Waals surface area contributed by atoms with Crippen molar-refractivity contribution in [3.05, 3.63) is 11.5 Å². The summed E-state index contributed by atoms with van der Waals surface area (Å²) in [4.78, 5) is 10.5. The molecule has 0 saturated heterocycles. The van der Waals surface area contributed by atoms with Crippen molar-refractivity contribution in [2.75, 3.05) is 6.61 Å². The molecule has 1 heterocycles. The lowest BCUT2D eigenvalue weighted by Crippen LogP contribution is -2.31. The lowest BCUT2D eigenvalue weighted by Gasteiger charge is -2.34. The number of ether oxygens (including phenoxy) is 1. The van der Waals surface area contributed by atoms with Crippen molar-refractivity contribution < 1.29 is 35.1 Å². The van der Waals surface area contributed by atoms with Gasteiger partial charge in [-0.1, -0.05) is 13.8 Å². The van der Waals surface area contributed by atoms with Crippen LogP contribution < -0.4 is 0 Å². The first-order valence-corrected chi connectivity index (χ1v) is 7.93. The minimum absolute atomic E-state index is 0.356. The molecule has 0 aromatic rings. The fourth-order valence-corrected chi connectivity index (χ4v) is 2.75. The molecule has 0 amide bonds. The monoisotopic (exact) mass is 332 g/mol. The molecule has 1 aliphatic carbocycles. The van der Waals surface area contributed by atoms with Gasteiger partial charge in [0.1, 0.15) is 6.10 Å². The van der Waals surface area contributed by atoms with Crippen LogP contribution in [0, 0.1) is 11.8 Å². The van der Waals surface area contributed by atoms with Crippen LogP contribution in [-0.4, -0.2) is 55.9 Å². The summed E-state index contributed by atoms with van der Waals surface area (Å²) in [5.41, 5.74) is -0.356. The number of carbonyl (C=O) groups is 1. The van der Waals surface area contributed by atoms with E-state index in [1.165, 1.54) is 12.8 Å². The zero-order valence-electron chi connectivity index (χ0n) is 13.9. The van der Waals surface area contributed by atoms with Gasteiger partial charge in [-0.25, -0.2) is 4.79 Å². The summed E-state index contributed by atoms with van der Waals surface area (Å²) in [7, 11) is 0. The first-order valence-electron chi connectivity index (χ1n) is 7.93. The van der Waals surface area contributed by atoms with E-state index in [4.69, 9.17) is 20.4 Å². The molecule has 23 heavy (non-hydrogen) atoms. The number of aliphatic hydroxyl groups excluding tert-OH is 4. The molecule has 1 aliphatic heterocycles. The normalized spacial score (nSPS) is 32.4. The average molecular weight is 332 g/mol. The van der Waals surface area contributed by atoms with Gasteiger partial charge in [-0.15, -0.1) is 0 Å². The summed E-state index contributed by atoms with van der Waals surface area (Å²) in [6.45, 7) is 5.86. The van der Waals surface area contributed by atoms with Crippen LogP contribution in [0.15, 0.2) is 11.5 Å². The minimum atomic E-state index is -1.42. The van der Waals surface area contributed by atoms with Gasteiger partial charge < -0.3 is 30.3 Å². The van der Waals surface area contributed by atoms with Crippen LogP contribution in [0.25, 0.3) is 0 Å². The van der Waals surface area contributed by atoms with Crippen molar-refractivity contribution in [2.24, 2.45) is 11.8 Å². The molecule has 0 unspecified atom stereocenters. The number of hydrogen-bond donors (Lipinski definition) is 5. The summed E-state index contributed by atoms with van der Waals surface area (Å²) in [6.07, 6.45) is 1.64. The first kappa shape index (κ1) is 19.7. The average Bonchev–Trinajstić information content (AvgIpc) is 2.74. The number of hydrogen-bond acceptors (Lipinski definition) is 7. The Morgan fingerprint density at radius 3 is 2.13 bits per heavy atom. The van der Waals surface area contributed by atoms with Crippen LogP contribution >= 0.6 is 0 Å². The third kappa shape index (κ3) is 5.37. The van der Waals surface area contributed by atoms with Crippen LogP contribution in [0.5, 0.6) is 0 Å². The summed E-state index contributed by atoms with van der Waals surface area (Å²) in [5, 5.41) is 44.7. The fraction of sp³-hybridized carbons (Fsp3) is 0.812. The standard InChI is InChI=1S/C10H20O.C6H8O6/c1-8(2)9-4-6-10(3,11)7-5-9;7-1-2(8)5-3(9)4(10)6(11)12-5/h8-9,11H,4-7H2,1-3H3;2,5,7-10H,1H2/t;2-,5+/m.0/s1. The predicted molar refractivity (Wildman–Crippen MR) is 82.7 cm³/mol. The second kappa shape index (κ2) is 7.99. The largest absolute Gasteiger partial charge is 0.505 e. The van der Waals surface area contributed by atoms with Gasteiger partial charge in [0.2, 0.25) is 5.76 Å². The molecular weight excluding hydrogens is 304 g/mol. The second-order valence-electron chi connectivity index (χ2n) is 6.89. The molecule has 2 rings (SSSR count). The van der Waals surface area contributed by atoms with Gasteiger partial charge >= 0.3 is 5.97 Å². The van der Waals surface area contributed by atoms with Crippen molar-refractivity contribution in [2.45, 2.75) is 64.3 Å². The van der Waals surface area contributed by atoms with E-state index in [9.17, 15) is 9.90 Å². The lowest BCUT2D eigenvalue weighted by atomic mass is 9.75. The third-order valence-corrected chi connectivity index (χ3v) is 4.53. The number of rotatable bonds is 3. The minimum Gasteiger partial charge on any atom is -0.505 e. The molecule has 7 nitrogen and oxygen atoms in total. The molecule has 1 fully saturated rings. The number of cyclic esters (lactones) is 1. The predicted octanol–water partition coefficient (Wildman–Crippen LogP) is 1.18. The number of aliphatic hydroxyl groups is 5. The van der Waals surface area contributed by atoms with E-state index in [-0.39, 0.29) is 5.60 Å². The SMILES string of the molecule is CC(C)C1CCC(C)(O)CC1.O=C1O[C@H]([C@@H](O)CO)C(O)=C1O. The van der Waals surface area contributed by atoms with Gasteiger partial charge in [-0.3, -0.25) is 0 Å². The highest BCUT2D eigenvalue weighted by Gasteiger charge is 2.38. The molecule has 0 bridgehead atoms. The Balaban J connectivity index is 0.000000231. The summed E-state index contributed by atoms with van der Waals surface area (Å²) in [6, 6.07) is 0. The van der Waals surface area contributed by atoms with Crippen molar-refractivity contribution in [1.29, 1.82) is 0 Å². The first-order chi connectivity index (χ1) is 10.6. The topological polar surface area (TPSA) is 127 Å². The van der Waals surface area contributed by atoms with Crippen LogP contribution in [0.1, 0.15) is 46.5 Å². The third-order valence-electron chi connectivity index (χ3n) is 4.53. The maximum atomic E-state index is 10.5. The van der Waals surface area contributed by atoms with Crippen molar-refractivity contribution >= 4 is 5.97 Å². The quantitative estimate of drug-likeness (QED) is 0.491. The Morgan fingerprint density at radius 2 is 1.78 bits per heavy atom. The Kier molecular flexibility index (Phi) is 6.85. The molecular formula is C16H28O7. The van der Waals surface area contributed by atoms with Crippen LogP contribution in [0.2, 0.25) is 0 Å². The molecule has 5 N–H and O–H groups in total. The number of esters is 1. The van der Waals surface area contributed by atoms with Crippen LogP contribution in [0.3, 0.4) is 0 Å². The van der Waals surface area contributed by atoms with E-state index in [0.29, 0.717) is 0 Å².